The first kappa shape index (κ1) is 46.6. The SMILES string of the molecule is c1ccc(N(c2ccc(-c3ccc(-c4ccc(N(c5ccccc5)c5cccc6ccccc56)cc4)cc3)cc2)c2ccc(-c3ccc(-c4ccc(N(c5ccccc5)c5cccc6ccccc56)cc4)cc3)cc2)cc1. The predicted octanol–water partition coefficient (Wildman–Crippen LogP) is 21.1. The van der Waals surface area contributed by atoms with Gasteiger partial charge >= 0.3 is 0 Å². The van der Waals surface area contributed by atoms with Gasteiger partial charge < -0.3 is 14.7 Å². The molecule has 0 N–H and O–H groups in total. The normalized spacial score (nSPS) is 11.1. The molecule has 0 aliphatic heterocycles. The molecule has 3 nitrogen and oxygen atoms in total. The second-order valence-electron chi connectivity index (χ2n) is 19.4. The molecule has 0 heterocycles. The van der Waals surface area contributed by atoms with Crippen molar-refractivity contribution in [3.63, 3.8) is 0 Å². The number of rotatable bonds is 13. The van der Waals surface area contributed by atoms with Crippen LogP contribution in [0, 0.1) is 0 Å². The number of hydrogen-bond acceptors (Lipinski definition) is 3. The van der Waals surface area contributed by atoms with Crippen molar-refractivity contribution < 1.29 is 0 Å². The van der Waals surface area contributed by atoms with Gasteiger partial charge in [-0.3, -0.25) is 0 Å². The van der Waals surface area contributed by atoms with E-state index in [9.17, 15) is 0 Å². The molecule has 0 atom stereocenters. The standard InChI is InChI=1S/C74H53N3/c1-4-20-64(21-5-1)75(67-46-38-58(39-47-67)54-30-34-56(35-31-54)60-42-50-69(51-43-60)76(65-22-6-2-7-23-65)73-28-14-18-62-16-10-12-26-71(62)73)68-48-40-59(41-49-68)55-32-36-57(37-33-55)61-44-52-70(53-45-61)77(66-24-8-3-9-25-66)74-29-15-19-63-17-11-13-27-72(63)74/h1-53H. The molecule has 0 unspecified atom stereocenters. The average molecular weight is 984 g/mol. The van der Waals surface area contributed by atoms with Gasteiger partial charge in [0, 0.05) is 50.6 Å². The van der Waals surface area contributed by atoms with E-state index in [1.807, 2.05) is 0 Å². The Morgan fingerprint density at radius 1 is 0.143 bits per heavy atom. The van der Waals surface area contributed by atoms with E-state index in [0.717, 1.165) is 51.2 Å². The Balaban J connectivity index is 0.714. The Kier molecular flexibility index (Phi) is 12.7. The van der Waals surface area contributed by atoms with E-state index in [2.05, 4.69) is 336 Å². The van der Waals surface area contributed by atoms with Gasteiger partial charge in [-0.05, 0) is 152 Å². The van der Waals surface area contributed by atoms with Gasteiger partial charge in [-0.25, -0.2) is 0 Å². The van der Waals surface area contributed by atoms with Gasteiger partial charge in [-0.1, -0.05) is 224 Å². The molecule has 0 saturated carbocycles. The number of hydrogen-bond donors (Lipinski definition) is 0. The van der Waals surface area contributed by atoms with Crippen LogP contribution in [0.2, 0.25) is 0 Å². The second kappa shape index (κ2) is 21.0. The van der Waals surface area contributed by atoms with Gasteiger partial charge in [0.15, 0.2) is 0 Å². The molecular weight excluding hydrogens is 931 g/mol. The third kappa shape index (κ3) is 9.51. The fraction of sp³-hybridized carbons (Fsp3) is 0. The summed E-state index contributed by atoms with van der Waals surface area (Å²) in [7, 11) is 0. The smallest absolute Gasteiger partial charge is 0.0540 e. The van der Waals surface area contributed by atoms with Crippen molar-refractivity contribution in [1.29, 1.82) is 0 Å². The van der Waals surface area contributed by atoms with Crippen molar-refractivity contribution in [3.8, 4) is 44.5 Å². The fourth-order valence-electron chi connectivity index (χ4n) is 10.8. The maximum atomic E-state index is 2.35. The zero-order valence-electron chi connectivity index (χ0n) is 42.4. The van der Waals surface area contributed by atoms with Gasteiger partial charge in [0.25, 0.3) is 0 Å². The summed E-state index contributed by atoms with van der Waals surface area (Å²) < 4.78 is 0. The van der Waals surface area contributed by atoms with E-state index in [0.29, 0.717) is 0 Å². The fourth-order valence-corrected chi connectivity index (χ4v) is 10.8. The molecule has 0 fully saturated rings. The Morgan fingerprint density at radius 3 is 0.649 bits per heavy atom. The number of para-hydroxylation sites is 3. The lowest BCUT2D eigenvalue weighted by atomic mass is 9.99. The number of benzene rings is 13. The van der Waals surface area contributed by atoms with Crippen LogP contribution in [0.3, 0.4) is 0 Å². The van der Waals surface area contributed by atoms with Crippen molar-refractivity contribution in [2.24, 2.45) is 0 Å². The molecule has 0 spiro atoms. The summed E-state index contributed by atoms with van der Waals surface area (Å²) in [6.45, 7) is 0. The largest absolute Gasteiger partial charge is 0.311 e. The first-order chi connectivity index (χ1) is 38.2. The molecule has 13 rings (SSSR count). The Morgan fingerprint density at radius 2 is 0.351 bits per heavy atom. The van der Waals surface area contributed by atoms with Crippen molar-refractivity contribution >= 4 is 72.7 Å². The predicted molar refractivity (Wildman–Crippen MR) is 327 cm³/mol. The van der Waals surface area contributed by atoms with Crippen molar-refractivity contribution in [2.75, 3.05) is 14.7 Å². The van der Waals surface area contributed by atoms with Crippen LogP contribution in [0.5, 0.6) is 0 Å². The second-order valence-corrected chi connectivity index (χ2v) is 19.4. The minimum Gasteiger partial charge on any atom is -0.311 e. The lowest BCUT2D eigenvalue weighted by molar-refractivity contribution is 1.28. The third-order valence-electron chi connectivity index (χ3n) is 14.7. The maximum Gasteiger partial charge on any atom is 0.0540 e. The highest BCUT2D eigenvalue weighted by atomic mass is 15.2. The summed E-state index contributed by atoms with van der Waals surface area (Å²) in [5.41, 5.74) is 19.5. The van der Waals surface area contributed by atoms with Gasteiger partial charge in [-0.15, -0.1) is 0 Å². The summed E-state index contributed by atoms with van der Waals surface area (Å²) in [4.78, 5) is 7.02. The van der Waals surface area contributed by atoms with Crippen LogP contribution in [-0.2, 0) is 0 Å². The van der Waals surface area contributed by atoms with E-state index >= 15 is 0 Å². The van der Waals surface area contributed by atoms with E-state index in [1.165, 1.54) is 66.1 Å². The Bertz CT molecular complexity index is 3820. The van der Waals surface area contributed by atoms with Crippen LogP contribution in [0.1, 0.15) is 0 Å². The summed E-state index contributed by atoms with van der Waals surface area (Å²) in [5.74, 6) is 0. The molecule has 3 heteroatoms. The maximum absolute atomic E-state index is 2.35. The molecule has 0 bridgehead atoms. The average Bonchev–Trinajstić information content (AvgIpc) is 3.52. The molecule has 364 valence electrons. The number of fused-ring (bicyclic) bond motifs is 2. The molecule has 0 aliphatic rings. The van der Waals surface area contributed by atoms with Crippen LogP contribution < -0.4 is 14.7 Å². The third-order valence-corrected chi connectivity index (χ3v) is 14.7. The van der Waals surface area contributed by atoms with Crippen molar-refractivity contribution in [1.82, 2.24) is 0 Å². The van der Waals surface area contributed by atoms with Crippen LogP contribution in [0.15, 0.2) is 322 Å². The molecule has 13 aromatic carbocycles. The topological polar surface area (TPSA) is 9.72 Å². The van der Waals surface area contributed by atoms with Crippen LogP contribution in [0.4, 0.5) is 51.2 Å². The highest BCUT2D eigenvalue weighted by Crippen LogP contribution is 2.42. The van der Waals surface area contributed by atoms with E-state index < -0.39 is 0 Å². The molecule has 0 aromatic heterocycles. The monoisotopic (exact) mass is 983 g/mol. The van der Waals surface area contributed by atoms with Gasteiger partial charge in [-0.2, -0.15) is 0 Å². The van der Waals surface area contributed by atoms with E-state index in [-0.39, 0.29) is 0 Å². The summed E-state index contributed by atoms with van der Waals surface area (Å²) in [6.07, 6.45) is 0. The minimum absolute atomic E-state index is 1.09. The molecule has 13 aromatic rings. The molecular formula is C74H53N3. The van der Waals surface area contributed by atoms with Crippen molar-refractivity contribution in [2.45, 2.75) is 0 Å². The van der Waals surface area contributed by atoms with Gasteiger partial charge in [0.1, 0.15) is 0 Å². The lowest BCUT2D eigenvalue weighted by Gasteiger charge is -2.27. The zero-order valence-corrected chi connectivity index (χ0v) is 42.4. The molecule has 0 aliphatic carbocycles. The quantitative estimate of drug-likeness (QED) is 0.114. The van der Waals surface area contributed by atoms with Gasteiger partial charge in [0.05, 0.1) is 11.4 Å². The minimum atomic E-state index is 1.09. The molecule has 0 radical (unpaired) electrons. The van der Waals surface area contributed by atoms with Crippen LogP contribution in [-0.4, -0.2) is 0 Å². The first-order valence-electron chi connectivity index (χ1n) is 26.3. The van der Waals surface area contributed by atoms with E-state index in [1.54, 1.807) is 0 Å². The summed E-state index contributed by atoms with van der Waals surface area (Å²) in [6, 6.07) is 116. The highest BCUT2D eigenvalue weighted by molar-refractivity contribution is 6.00. The Hall–Kier alpha value is -10.2. The highest BCUT2D eigenvalue weighted by Gasteiger charge is 2.18. The first-order valence-corrected chi connectivity index (χ1v) is 26.3. The van der Waals surface area contributed by atoms with Crippen LogP contribution >= 0.6 is 0 Å². The summed E-state index contributed by atoms with van der Waals surface area (Å²) in [5, 5.41) is 4.88. The zero-order chi connectivity index (χ0) is 51.3. The Labute approximate surface area is 451 Å². The van der Waals surface area contributed by atoms with Gasteiger partial charge in [0.2, 0.25) is 0 Å². The van der Waals surface area contributed by atoms with Crippen LogP contribution in [0.25, 0.3) is 66.1 Å². The summed E-state index contributed by atoms with van der Waals surface area (Å²) >= 11 is 0. The molecule has 0 amide bonds. The molecule has 0 saturated heterocycles. The number of anilines is 9. The molecule has 77 heavy (non-hydrogen) atoms. The lowest BCUT2D eigenvalue weighted by Crippen LogP contribution is -2.10. The number of nitrogens with zero attached hydrogens (tertiary/aromatic N) is 3. The van der Waals surface area contributed by atoms with Crippen molar-refractivity contribution in [3.05, 3.63) is 322 Å². The van der Waals surface area contributed by atoms with E-state index in [4.69, 9.17) is 0 Å².